The predicted octanol–water partition coefficient (Wildman–Crippen LogP) is 4.12. The molecule has 1 aliphatic heterocycles. The lowest BCUT2D eigenvalue weighted by Gasteiger charge is -2.18. The van der Waals surface area contributed by atoms with E-state index >= 15 is 0 Å². The smallest absolute Gasteiger partial charge is 0.418 e. The molecule has 0 unspecified atom stereocenters. The molecule has 1 aliphatic rings. The summed E-state index contributed by atoms with van der Waals surface area (Å²) in [5.41, 5.74) is 1.63. The third-order valence-corrected chi connectivity index (χ3v) is 4.57. The van der Waals surface area contributed by atoms with Crippen LogP contribution in [0.3, 0.4) is 0 Å². The van der Waals surface area contributed by atoms with Crippen LogP contribution in [0, 0.1) is 6.92 Å². The fourth-order valence-electron chi connectivity index (χ4n) is 3.31. The second-order valence-corrected chi connectivity index (χ2v) is 6.05. The van der Waals surface area contributed by atoms with Crippen molar-refractivity contribution in [3.63, 3.8) is 0 Å². The molecule has 0 atom stereocenters. The Morgan fingerprint density at radius 2 is 2.00 bits per heavy atom. The first kappa shape index (κ1) is 17.5. The Hall–Kier alpha value is -2.31. The van der Waals surface area contributed by atoms with Crippen LogP contribution >= 0.6 is 0 Å². The molecule has 0 bridgehead atoms. The van der Waals surface area contributed by atoms with Gasteiger partial charge in [0.05, 0.1) is 17.7 Å². The highest BCUT2D eigenvalue weighted by molar-refractivity contribution is 5.86. The lowest BCUT2D eigenvalue weighted by molar-refractivity contribution is -0.136. The number of benzene rings is 1. The largest absolute Gasteiger partial charge is 0.450 e. The van der Waals surface area contributed by atoms with E-state index < -0.39 is 17.8 Å². The third-order valence-electron chi connectivity index (χ3n) is 4.57. The first-order valence-corrected chi connectivity index (χ1v) is 8.23. The van der Waals surface area contributed by atoms with E-state index in [1.54, 1.807) is 17.9 Å². The molecular formula is C18H19F3N2O2. The van der Waals surface area contributed by atoms with Gasteiger partial charge in [-0.3, -0.25) is 4.98 Å². The number of carbonyl (C=O) groups is 1. The summed E-state index contributed by atoms with van der Waals surface area (Å²) in [6.07, 6.45) is -3.88. The number of carbonyl (C=O) groups excluding carboxylic acids is 1. The number of ether oxygens (including phenoxy) is 1. The van der Waals surface area contributed by atoms with Gasteiger partial charge < -0.3 is 9.64 Å². The number of hydrogen-bond acceptors (Lipinski definition) is 3. The van der Waals surface area contributed by atoms with Crippen molar-refractivity contribution in [3.8, 4) is 0 Å². The highest BCUT2D eigenvalue weighted by Crippen LogP contribution is 2.36. The minimum absolute atomic E-state index is 0.0177. The number of halogens is 3. The molecule has 1 aromatic heterocycles. The van der Waals surface area contributed by atoms with Crippen molar-refractivity contribution in [2.75, 3.05) is 19.7 Å². The Balaban J connectivity index is 2.05. The number of para-hydroxylation sites is 1. The zero-order valence-electron chi connectivity index (χ0n) is 14.1. The maximum absolute atomic E-state index is 13.3. The standard InChI is InChI=1S/C18H19F3N2O2/c1-3-25-17(24)23-9-7-12-11(2)13-5-4-6-14(18(19,20)21)16(13)22-15(12)8-10-23/h4-6H,3,7-10H2,1-2H3. The molecule has 0 saturated carbocycles. The van der Waals surface area contributed by atoms with Gasteiger partial charge in [0, 0.05) is 30.6 Å². The van der Waals surface area contributed by atoms with E-state index in [1.807, 2.05) is 6.92 Å². The SMILES string of the molecule is CCOC(=O)N1CCc2nc3c(C(F)(F)F)cccc3c(C)c2CC1. The molecule has 134 valence electrons. The van der Waals surface area contributed by atoms with E-state index in [1.165, 1.54) is 6.07 Å². The van der Waals surface area contributed by atoms with Gasteiger partial charge in [0.25, 0.3) is 0 Å². The molecule has 2 aromatic rings. The normalized spacial score (nSPS) is 15.0. The second kappa shape index (κ2) is 6.54. The Bertz CT molecular complexity index is 818. The Labute approximate surface area is 143 Å². The first-order valence-electron chi connectivity index (χ1n) is 8.23. The van der Waals surface area contributed by atoms with E-state index in [0.717, 1.165) is 17.2 Å². The van der Waals surface area contributed by atoms with Crippen LogP contribution in [0.4, 0.5) is 18.0 Å². The topological polar surface area (TPSA) is 42.4 Å². The predicted molar refractivity (Wildman–Crippen MR) is 87.5 cm³/mol. The van der Waals surface area contributed by atoms with Crippen LogP contribution in [0.5, 0.6) is 0 Å². The fraction of sp³-hybridized carbons (Fsp3) is 0.444. The molecule has 7 heteroatoms. The molecule has 25 heavy (non-hydrogen) atoms. The number of rotatable bonds is 1. The molecule has 0 aliphatic carbocycles. The molecule has 2 heterocycles. The summed E-state index contributed by atoms with van der Waals surface area (Å²) in [6, 6.07) is 4.14. The number of nitrogens with zero attached hydrogens (tertiary/aromatic N) is 2. The molecule has 0 saturated heterocycles. The van der Waals surface area contributed by atoms with Crippen molar-refractivity contribution >= 4 is 17.0 Å². The number of amides is 1. The molecule has 1 amide bonds. The summed E-state index contributed by atoms with van der Waals surface area (Å²) < 4.78 is 44.9. The lowest BCUT2D eigenvalue weighted by Crippen LogP contribution is -2.33. The summed E-state index contributed by atoms with van der Waals surface area (Å²) in [7, 11) is 0. The van der Waals surface area contributed by atoms with Gasteiger partial charge in [0.2, 0.25) is 0 Å². The summed E-state index contributed by atoms with van der Waals surface area (Å²) >= 11 is 0. The van der Waals surface area contributed by atoms with E-state index in [0.29, 0.717) is 43.6 Å². The van der Waals surface area contributed by atoms with Crippen molar-refractivity contribution in [3.05, 3.63) is 40.6 Å². The highest BCUT2D eigenvalue weighted by atomic mass is 19.4. The quantitative estimate of drug-likeness (QED) is 0.775. The van der Waals surface area contributed by atoms with Crippen molar-refractivity contribution in [2.45, 2.75) is 32.9 Å². The third kappa shape index (κ3) is 3.27. The Morgan fingerprint density at radius 1 is 1.28 bits per heavy atom. The summed E-state index contributed by atoms with van der Waals surface area (Å²) in [5.74, 6) is 0. The molecule has 0 N–H and O–H groups in total. The van der Waals surface area contributed by atoms with Crippen LogP contribution in [0.1, 0.15) is 29.3 Å². The Kier molecular flexibility index (Phi) is 4.58. The average molecular weight is 352 g/mol. The minimum atomic E-state index is -4.45. The first-order chi connectivity index (χ1) is 11.8. The molecule has 0 fully saturated rings. The molecular weight excluding hydrogens is 333 g/mol. The number of fused-ring (bicyclic) bond motifs is 2. The zero-order chi connectivity index (χ0) is 18.2. The monoisotopic (exact) mass is 352 g/mol. The average Bonchev–Trinajstić information content (AvgIpc) is 2.77. The van der Waals surface area contributed by atoms with Crippen LogP contribution in [0.2, 0.25) is 0 Å². The van der Waals surface area contributed by atoms with Crippen molar-refractivity contribution < 1.29 is 22.7 Å². The van der Waals surface area contributed by atoms with Gasteiger partial charge in [0.15, 0.2) is 0 Å². The molecule has 1 aromatic carbocycles. The van der Waals surface area contributed by atoms with Crippen molar-refractivity contribution in [1.82, 2.24) is 9.88 Å². The molecule has 4 nitrogen and oxygen atoms in total. The van der Waals surface area contributed by atoms with Crippen LogP contribution < -0.4 is 0 Å². The zero-order valence-corrected chi connectivity index (χ0v) is 14.1. The fourth-order valence-corrected chi connectivity index (χ4v) is 3.31. The van der Waals surface area contributed by atoms with Gasteiger partial charge in [-0.25, -0.2) is 4.79 Å². The van der Waals surface area contributed by atoms with E-state index in [-0.39, 0.29) is 5.52 Å². The minimum Gasteiger partial charge on any atom is -0.450 e. The van der Waals surface area contributed by atoms with Gasteiger partial charge >= 0.3 is 12.3 Å². The van der Waals surface area contributed by atoms with Crippen molar-refractivity contribution in [1.29, 1.82) is 0 Å². The van der Waals surface area contributed by atoms with E-state index in [9.17, 15) is 18.0 Å². The van der Waals surface area contributed by atoms with Crippen LogP contribution in [0.25, 0.3) is 10.9 Å². The van der Waals surface area contributed by atoms with Gasteiger partial charge in [-0.15, -0.1) is 0 Å². The van der Waals surface area contributed by atoms with Gasteiger partial charge in [0.1, 0.15) is 0 Å². The van der Waals surface area contributed by atoms with E-state index in [4.69, 9.17) is 4.74 Å². The van der Waals surface area contributed by atoms with Gasteiger partial charge in [-0.05, 0) is 37.5 Å². The molecule has 0 radical (unpaired) electrons. The maximum Gasteiger partial charge on any atom is 0.418 e. The number of pyridine rings is 1. The Morgan fingerprint density at radius 3 is 2.68 bits per heavy atom. The van der Waals surface area contributed by atoms with Crippen LogP contribution in [-0.2, 0) is 23.8 Å². The summed E-state index contributed by atoms with van der Waals surface area (Å²) in [6.45, 7) is 4.71. The molecule has 0 spiro atoms. The van der Waals surface area contributed by atoms with Crippen LogP contribution in [-0.4, -0.2) is 35.7 Å². The van der Waals surface area contributed by atoms with Gasteiger partial charge in [-0.2, -0.15) is 13.2 Å². The highest BCUT2D eigenvalue weighted by Gasteiger charge is 2.34. The van der Waals surface area contributed by atoms with Crippen LogP contribution in [0.15, 0.2) is 18.2 Å². The van der Waals surface area contributed by atoms with Gasteiger partial charge in [-0.1, -0.05) is 12.1 Å². The second-order valence-electron chi connectivity index (χ2n) is 6.05. The lowest BCUT2D eigenvalue weighted by atomic mass is 9.96. The number of alkyl halides is 3. The summed E-state index contributed by atoms with van der Waals surface area (Å²) in [5, 5.41) is 0.512. The number of aromatic nitrogens is 1. The van der Waals surface area contributed by atoms with Crippen molar-refractivity contribution in [2.24, 2.45) is 0 Å². The number of hydrogen-bond donors (Lipinski definition) is 0. The number of aryl methyl sites for hydroxylation is 1. The summed E-state index contributed by atoms with van der Waals surface area (Å²) in [4.78, 5) is 17.9. The maximum atomic E-state index is 13.3. The van der Waals surface area contributed by atoms with E-state index in [2.05, 4.69) is 4.98 Å². The molecule has 3 rings (SSSR count).